The van der Waals surface area contributed by atoms with E-state index in [1.807, 2.05) is 0 Å². The Labute approximate surface area is 86.7 Å². The molecule has 2 N–H and O–H groups in total. The zero-order valence-electron chi connectivity index (χ0n) is 9.16. The van der Waals surface area contributed by atoms with Crippen molar-refractivity contribution in [3.05, 3.63) is 29.8 Å². The van der Waals surface area contributed by atoms with Crippen molar-refractivity contribution in [3.63, 3.8) is 0 Å². The van der Waals surface area contributed by atoms with Crippen molar-refractivity contribution in [1.82, 2.24) is 0 Å². The van der Waals surface area contributed by atoms with Crippen LogP contribution < -0.4 is 10.6 Å². The van der Waals surface area contributed by atoms with Crippen LogP contribution in [0, 0.1) is 0 Å². The minimum absolute atomic E-state index is 0.702. The predicted molar refractivity (Wildman–Crippen MR) is 62.8 cm³/mol. The van der Waals surface area contributed by atoms with Gasteiger partial charge in [0, 0.05) is 25.8 Å². The number of nitrogens with zero attached hydrogens (tertiary/aromatic N) is 1. The quantitative estimate of drug-likeness (QED) is 0.773. The summed E-state index contributed by atoms with van der Waals surface area (Å²) in [6.07, 6.45) is 2.37. The minimum Gasteiger partial charge on any atom is -0.373 e. The van der Waals surface area contributed by atoms with Gasteiger partial charge in [-0.05, 0) is 24.1 Å². The summed E-state index contributed by atoms with van der Waals surface area (Å²) in [5, 5.41) is 0. The average molecular weight is 192 g/mol. The topological polar surface area (TPSA) is 29.3 Å². The summed E-state index contributed by atoms with van der Waals surface area (Å²) in [7, 11) is 2.07. The Bertz CT molecular complexity index is 254. The van der Waals surface area contributed by atoms with Crippen LogP contribution in [-0.2, 0) is 6.42 Å². The van der Waals surface area contributed by atoms with Crippen LogP contribution in [0.5, 0.6) is 0 Å². The molecule has 0 atom stereocenters. The fourth-order valence-electron chi connectivity index (χ4n) is 1.53. The van der Waals surface area contributed by atoms with Gasteiger partial charge in [-0.15, -0.1) is 0 Å². The van der Waals surface area contributed by atoms with Crippen molar-refractivity contribution in [1.29, 1.82) is 0 Å². The number of rotatable bonds is 5. The Morgan fingerprint density at radius 2 is 1.86 bits per heavy atom. The highest BCUT2D eigenvalue weighted by Gasteiger charge is 1.98. The molecule has 0 heterocycles. The molecule has 2 heteroatoms. The van der Waals surface area contributed by atoms with E-state index in [-0.39, 0.29) is 0 Å². The molecule has 14 heavy (non-hydrogen) atoms. The monoisotopic (exact) mass is 192 g/mol. The zero-order chi connectivity index (χ0) is 10.4. The van der Waals surface area contributed by atoms with Gasteiger partial charge in [-0.1, -0.05) is 25.5 Å². The molecule has 1 rings (SSSR count). The highest BCUT2D eigenvalue weighted by atomic mass is 15.1. The molecule has 1 aromatic carbocycles. The molecule has 0 saturated carbocycles. The number of aryl methyl sites for hydroxylation is 1. The van der Waals surface area contributed by atoms with Crippen LogP contribution in [0.4, 0.5) is 5.69 Å². The molecule has 2 nitrogen and oxygen atoms in total. The number of hydrogen-bond acceptors (Lipinski definition) is 2. The first kappa shape index (κ1) is 11.1. The fourth-order valence-corrected chi connectivity index (χ4v) is 1.53. The molecule has 0 saturated heterocycles. The van der Waals surface area contributed by atoms with Crippen LogP contribution >= 0.6 is 0 Å². The van der Waals surface area contributed by atoms with E-state index in [2.05, 4.69) is 43.1 Å². The summed E-state index contributed by atoms with van der Waals surface area (Å²) >= 11 is 0. The van der Waals surface area contributed by atoms with Crippen LogP contribution in [-0.4, -0.2) is 20.1 Å². The molecule has 0 spiro atoms. The van der Waals surface area contributed by atoms with Crippen molar-refractivity contribution in [2.75, 3.05) is 25.0 Å². The Morgan fingerprint density at radius 3 is 2.36 bits per heavy atom. The van der Waals surface area contributed by atoms with Crippen molar-refractivity contribution in [2.24, 2.45) is 5.73 Å². The molecule has 0 aliphatic carbocycles. The number of hydrogen-bond donors (Lipinski definition) is 1. The van der Waals surface area contributed by atoms with Gasteiger partial charge in [-0.3, -0.25) is 0 Å². The number of benzene rings is 1. The van der Waals surface area contributed by atoms with Crippen molar-refractivity contribution in [2.45, 2.75) is 19.8 Å². The second-order valence-electron chi connectivity index (χ2n) is 3.63. The summed E-state index contributed by atoms with van der Waals surface area (Å²) in [5.74, 6) is 0. The molecule has 0 fully saturated rings. The maximum atomic E-state index is 5.50. The van der Waals surface area contributed by atoms with Crippen molar-refractivity contribution in [3.8, 4) is 0 Å². The second kappa shape index (κ2) is 5.66. The summed E-state index contributed by atoms with van der Waals surface area (Å²) in [6, 6.07) is 8.74. The van der Waals surface area contributed by atoms with Gasteiger partial charge in [0.05, 0.1) is 0 Å². The lowest BCUT2D eigenvalue weighted by molar-refractivity contribution is 0.882. The molecule has 0 aromatic heterocycles. The highest BCUT2D eigenvalue weighted by Crippen LogP contribution is 2.14. The Kier molecular flexibility index (Phi) is 4.47. The van der Waals surface area contributed by atoms with Crippen LogP contribution in [0.25, 0.3) is 0 Å². The van der Waals surface area contributed by atoms with Crippen LogP contribution in [0.2, 0.25) is 0 Å². The molecule has 0 bridgehead atoms. The Hall–Kier alpha value is -1.02. The van der Waals surface area contributed by atoms with Crippen LogP contribution in [0.1, 0.15) is 18.9 Å². The van der Waals surface area contributed by atoms with Crippen molar-refractivity contribution >= 4 is 5.69 Å². The highest BCUT2D eigenvalue weighted by molar-refractivity contribution is 5.46. The van der Waals surface area contributed by atoms with E-state index < -0.39 is 0 Å². The summed E-state index contributed by atoms with van der Waals surface area (Å²) in [5.41, 5.74) is 8.16. The van der Waals surface area contributed by atoms with Gasteiger partial charge in [0.2, 0.25) is 0 Å². The van der Waals surface area contributed by atoms with E-state index >= 15 is 0 Å². The Morgan fingerprint density at radius 1 is 1.21 bits per heavy atom. The summed E-state index contributed by atoms with van der Waals surface area (Å²) < 4.78 is 0. The van der Waals surface area contributed by atoms with E-state index in [1.165, 1.54) is 24.1 Å². The lowest BCUT2D eigenvalue weighted by atomic mass is 10.1. The molecule has 1 aromatic rings. The van der Waals surface area contributed by atoms with Crippen LogP contribution in [0.3, 0.4) is 0 Å². The summed E-state index contributed by atoms with van der Waals surface area (Å²) in [4.78, 5) is 2.18. The lowest BCUT2D eigenvalue weighted by Gasteiger charge is -2.18. The third-order valence-electron chi connectivity index (χ3n) is 2.38. The van der Waals surface area contributed by atoms with E-state index in [1.54, 1.807) is 0 Å². The molecular formula is C12H20N2. The maximum absolute atomic E-state index is 5.50. The first-order valence-electron chi connectivity index (χ1n) is 5.28. The molecule has 0 aliphatic heterocycles. The first-order valence-corrected chi connectivity index (χ1v) is 5.28. The van der Waals surface area contributed by atoms with E-state index in [4.69, 9.17) is 5.73 Å². The molecule has 0 radical (unpaired) electrons. The standard InChI is InChI=1S/C12H20N2/c1-3-4-11-5-7-12(8-6-11)14(2)10-9-13/h5-8H,3-4,9-10,13H2,1-2H3. The van der Waals surface area contributed by atoms with E-state index in [0.717, 1.165) is 6.54 Å². The number of anilines is 1. The van der Waals surface area contributed by atoms with E-state index in [9.17, 15) is 0 Å². The van der Waals surface area contributed by atoms with Crippen molar-refractivity contribution < 1.29 is 0 Å². The third kappa shape index (κ3) is 3.04. The number of nitrogens with two attached hydrogens (primary N) is 1. The average Bonchev–Trinajstić information content (AvgIpc) is 2.20. The molecular weight excluding hydrogens is 172 g/mol. The van der Waals surface area contributed by atoms with Crippen LogP contribution in [0.15, 0.2) is 24.3 Å². The van der Waals surface area contributed by atoms with Gasteiger partial charge in [0.25, 0.3) is 0 Å². The second-order valence-corrected chi connectivity index (χ2v) is 3.63. The summed E-state index contributed by atoms with van der Waals surface area (Å²) in [6.45, 7) is 3.81. The SMILES string of the molecule is CCCc1ccc(N(C)CCN)cc1. The lowest BCUT2D eigenvalue weighted by Crippen LogP contribution is -2.24. The predicted octanol–water partition coefficient (Wildman–Crippen LogP) is 2.03. The minimum atomic E-state index is 0.702. The largest absolute Gasteiger partial charge is 0.373 e. The smallest absolute Gasteiger partial charge is 0.0364 e. The number of likely N-dealkylation sites (N-methyl/N-ethyl adjacent to an activating group) is 1. The van der Waals surface area contributed by atoms with Gasteiger partial charge in [0.15, 0.2) is 0 Å². The van der Waals surface area contributed by atoms with Gasteiger partial charge in [-0.2, -0.15) is 0 Å². The fraction of sp³-hybridized carbons (Fsp3) is 0.500. The first-order chi connectivity index (χ1) is 6.77. The zero-order valence-corrected chi connectivity index (χ0v) is 9.16. The van der Waals surface area contributed by atoms with Gasteiger partial charge in [-0.25, -0.2) is 0 Å². The Balaban J connectivity index is 2.62. The van der Waals surface area contributed by atoms with E-state index in [0.29, 0.717) is 6.54 Å². The van der Waals surface area contributed by atoms with Gasteiger partial charge >= 0.3 is 0 Å². The third-order valence-corrected chi connectivity index (χ3v) is 2.38. The van der Waals surface area contributed by atoms with Gasteiger partial charge in [0.1, 0.15) is 0 Å². The molecule has 0 amide bonds. The maximum Gasteiger partial charge on any atom is 0.0364 e. The molecule has 78 valence electrons. The van der Waals surface area contributed by atoms with Gasteiger partial charge < -0.3 is 10.6 Å². The molecule has 0 aliphatic rings. The molecule has 0 unspecified atom stereocenters. The normalized spacial score (nSPS) is 10.2.